The summed E-state index contributed by atoms with van der Waals surface area (Å²) in [4.78, 5) is 16.3. The second-order valence-electron chi connectivity index (χ2n) is 5.27. The molecular formula is C18H19N3O3. The lowest BCUT2D eigenvalue weighted by atomic mass is 10.2. The second kappa shape index (κ2) is 7.14. The average Bonchev–Trinajstić information content (AvgIpc) is 2.96. The molecule has 0 unspecified atom stereocenters. The molecule has 0 amide bonds. The first kappa shape index (κ1) is 16.0. The summed E-state index contributed by atoms with van der Waals surface area (Å²) in [6.07, 6.45) is 0. The van der Waals surface area contributed by atoms with Gasteiger partial charge >= 0.3 is 5.97 Å². The molecule has 3 rings (SSSR count). The van der Waals surface area contributed by atoms with Crippen molar-refractivity contribution in [2.75, 3.05) is 26.1 Å². The molecule has 0 fully saturated rings. The molecule has 0 saturated carbocycles. The van der Waals surface area contributed by atoms with Gasteiger partial charge in [-0.05, 0) is 30.3 Å². The minimum atomic E-state index is -0.369. The van der Waals surface area contributed by atoms with Crippen molar-refractivity contribution in [3.63, 3.8) is 0 Å². The smallest absolute Gasteiger partial charge is 0.337 e. The zero-order valence-corrected chi connectivity index (χ0v) is 13.7. The number of esters is 1. The van der Waals surface area contributed by atoms with Crippen LogP contribution in [0.3, 0.4) is 0 Å². The standard InChI is InChI=1S/C18H19N3O3/c1-23-11-10-21-16-9-4-3-8-15(16)20-18(21)19-14-7-5-6-13(12-14)17(22)24-2/h3-9,12H,10-11H2,1-2H3,(H,19,20). The van der Waals surface area contributed by atoms with Crippen LogP contribution in [0.15, 0.2) is 48.5 Å². The Bertz CT molecular complexity index is 858. The van der Waals surface area contributed by atoms with Gasteiger partial charge in [0, 0.05) is 19.3 Å². The molecule has 124 valence electrons. The lowest BCUT2D eigenvalue weighted by Gasteiger charge is -2.11. The first-order valence-corrected chi connectivity index (χ1v) is 7.62. The quantitative estimate of drug-likeness (QED) is 0.705. The maximum atomic E-state index is 11.7. The van der Waals surface area contributed by atoms with Gasteiger partial charge in [-0.15, -0.1) is 0 Å². The van der Waals surface area contributed by atoms with E-state index in [4.69, 9.17) is 9.47 Å². The molecule has 0 spiro atoms. The lowest BCUT2D eigenvalue weighted by Crippen LogP contribution is -2.08. The van der Waals surface area contributed by atoms with E-state index >= 15 is 0 Å². The Kier molecular flexibility index (Phi) is 4.77. The van der Waals surface area contributed by atoms with Gasteiger partial charge in [0.05, 0.1) is 30.3 Å². The summed E-state index contributed by atoms with van der Waals surface area (Å²) in [6.45, 7) is 1.26. The lowest BCUT2D eigenvalue weighted by molar-refractivity contribution is 0.0601. The number of hydrogen-bond acceptors (Lipinski definition) is 5. The number of nitrogens with one attached hydrogen (secondary N) is 1. The van der Waals surface area contributed by atoms with Crippen LogP contribution < -0.4 is 5.32 Å². The Morgan fingerprint density at radius 2 is 2.00 bits per heavy atom. The fraction of sp³-hybridized carbons (Fsp3) is 0.222. The molecule has 6 nitrogen and oxygen atoms in total. The molecular weight excluding hydrogens is 306 g/mol. The Hall–Kier alpha value is -2.86. The number of methoxy groups -OCH3 is 2. The van der Waals surface area contributed by atoms with Gasteiger partial charge in [0.15, 0.2) is 0 Å². The molecule has 2 aromatic carbocycles. The number of rotatable bonds is 6. The van der Waals surface area contributed by atoms with Crippen molar-refractivity contribution in [2.45, 2.75) is 6.54 Å². The number of hydrogen-bond donors (Lipinski definition) is 1. The number of carbonyl (C=O) groups excluding carboxylic acids is 1. The Labute approximate surface area is 140 Å². The highest BCUT2D eigenvalue weighted by atomic mass is 16.5. The van der Waals surface area contributed by atoms with Gasteiger partial charge < -0.3 is 19.4 Å². The molecule has 0 bridgehead atoms. The van der Waals surface area contributed by atoms with Crippen molar-refractivity contribution in [3.05, 3.63) is 54.1 Å². The SMILES string of the molecule is COCCn1c(Nc2cccc(C(=O)OC)c2)nc2ccccc21. The van der Waals surface area contributed by atoms with E-state index in [2.05, 4.69) is 14.9 Å². The third kappa shape index (κ3) is 3.23. The zero-order chi connectivity index (χ0) is 16.9. The third-order valence-electron chi connectivity index (χ3n) is 3.71. The van der Waals surface area contributed by atoms with Crippen LogP contribution in [0.1, 0.15) is 10.4 Å². The van der Waals surface area contributed by atoms with Crippen molar-refractivity contribution < 1.29 is 14.3 Å². The molecule has 24 heavy (non-hydrogen) atoms. The van der Waals surface area contributed by atoms with Gasteiger partial charge in [-0.25, -0.2) is 9.78 Å². The summed E-state index contributed by atoms with van der Waals surface area (Å²) in [5.74, 6) is 0.335. The molecule has 3 aromatic rings. The highest BCUT2D eigenvalue weighted by Gasteiger charge is 2.12. The summed E-state index contributed by atoms with van der Waals surface area (Å²) in [6, 6.07) is 15.1. The van der Waals surface area contributed by atoms with Crippen LogP contribution in [0.2, 0.25) is 0 Å². The van der Waals surface area contributed by atoms with Crippen molar-refractivity contribution in [1.82, 2.24) is 9.55 Å². The normalized spacial score (nSPS) is 10.8. The van der Waals surface area contributed by atoms with E-state index in [1.807, 2.05) is 30.3 Å². The molecule has 0 aliphatic heterocycles. The highest BCUT2D eigenvalue weighted by molar-refractivity contribution is 5.90. The minimum absolute atomic E-state index is 0.369. The van der Waals surface area contributed by atoms with Crippen molar-refractivity contribution >= 4 is 28.6 Å². The molecule has 1 aromatic heterocycles. The molecule has 6 heteroatoms. The molecule has 0 saturated heterocycles. The number of benzene rings is 2. The fourth-order valence-corrected chi connectivity index (χ4v) is 2.55. The van der Waals surface area contributed by atoms with Gasteiger partial charge in [-0.3, -0.25) is 0 Å². The van der Waals surface area contributed by atoms with Crippen LogP contribution >= 0.6 is 0 Å². The van der Waals surface area contributed by atoms with Crippen molar-refractivity contribution in [2.24, 2.45) is 0 Å². The zero-order valence-electron chi connectivity index (χ0n) is 13.7. The molecule has 0 atom stereocenters. The predicted molar refractivity (Wildman–Crippen MR) is 92.7 cm³/mol. The van der Waals surface area contributed by atoms with Gasteiger partial charge in [0.25, 0.3) is 0 Å². The summed E-state index contributed by atoms with van der Waals surface area (Å²) in [5.41, 5.74) is 3.19. The van der Waals surface area contributed by atoms with E-state index in [0.29, 0.717) is 24.7 Å². The number of carbonyl (C=O) groups is 1. The van der Waals surface area contributed by atoms with Gasteiger partial charge in [-0.1, -0.05) is 18.2 Å². The maximum absolute atomic E-state index is 11.7. The Morgan fingerprint density at radius 3 is 2.79 bits per heavy atom. The molecule has 1 heterocycles. The summed E-state index contributed by atoms with van der Waals surface area (Å²) in [5, 5.41) is 3.28. The van der Waals surface area contributed by atoms with Crippen molar-refractivity contribution in [3.8, 4) is 0 Å². The first-order valence-electron chi connectivity index (χ1n) is 7.62. The summed E-state index contributed by atoms with van der Waals surface area (Å²) < 4.78 is 12.0. The van der Waals surface area contributed by atoms with Crippen LogP contribution in [0.25, 0.3) is 11.0 Å². The van der Waals surface area contributed by atoms with Gasteiger partial charge in [0.2, 0.25) is 5.95 Å². The van der Waals surface area contributed by atoms with E-state index in [0.717, 1.165) is 16.7 Å². The first-order chi connectivity index (χ1) is 11.7. The van der Waals surface area contributed by atoms with Crippen LogP contribution in [0.5, 0.6) is 0 Å². The van der Waals surface area contributed by atoms with E-state index in [1.165, 1.54) is 7.11 Å². The van der Waals surface area contributed by atoms with E-state index in [9.17, 15) is 4.79 Å². The number of ether oxygens (including phenoxy) is 2. The fourth-order valence-electron chi connectivity index (χ4n) is 2.55. The second-order valence-corrected chi connectivity index (χ2v) is 5.27. The maximum Gasteiger partial charge on any atom is 0.337 e. The van der Waals surface area contributed by atoms with Gasteiger partial charge in [0.1, 0.15) is 0 Å². The number of anilines is 2. The Morgan fingerprint density at radius 1 is 1.17 bits per heavy atom. The van der Waals surface area contributed by atoms with Gasteiger partial charge in [-0.2, -0.15) is 0 Å². The number of para-hydroxylation sites is 2. The Balaban J connectivity index is 1.96. The largest absolute Gasteiger partial charge is 0.465 e. The molecule has 0 radical (unpaired) electrons. The summed E-state index contributed by atoms with van der Waals surface area (Å²) in [7, 11) is 3.04. The molecule has 1 N–H and O–H groups in total. The third-order valence-corrected chi connectivity index (χ3v) is 3.71. The highest BCUT2D eigenvalue weighted by Crippen LogP contribution is 2.23. The van der Waals surface area contributed by atoms with Crippen LogP contribution in [-0.4, -0.2) is 36.3 Å². The molecule has 0 aliphatic carbocycles. The monoisotopic (exact) mass is 325 g/mol. The topological polar surface area (TPSA) is 65.4 Å². The number of imidazole rings is 1. The molecule has 0 aliphatic rings. The van der Waals surface area contributed by atoms with E-state index in [-0.39, 0.29) is 5.97 Å². The van der Waals surface area contributed by atoms with Crippen LogP contribution in [0.4, 0.5) is 11.6 Å². The number of aromatic nitrogens is 2. The van der Waals surface area contributed by atoms with Crippen LogP contribution in [0, 0.1) is 0 Å². The van der Waals surface area contributed by atoms with E-state index < -0.39 is 0 Å². The minimum Gasteiger partial charge on any atom is -0.465 e. The predicted octanol–water partition coefficient (Wildman–Crippen LogP) is 3.21. The number of nitrogens with zero attached hydrogens (tertiary/aromatic N) is 2. The van der Waals surface area contributed by atoms with E-state index in [1.54, 1.807) is 25.3 Å². The number of fused-ring (bicyclic) bond motifs is 1. The van der Waals surface area contributed by atoms with Crippen LogP contribution in [-0.2, 0) is 16.0 Å². The average molecular weight is 325 g/mol. The van der Waals surface area contributed by atoms with Crippen molar-refractivity contribution in [1.29, 1.82) is 0 Å². The summed E-state index contributed by atoms with van der Waals surface area (Å²) >= 11 is 0.